The summed E-state index contributed by atoms with van der Waals surface area (Å²) in [6.07, 6.45) is -9.22. The van der Waals surface area contributed by atoms with Crippen molar-refractivity contribution >= 4 is 56.2 Å². The highest BCUT2D eigenvalue weighted by atomic mass is 79.9. The molecule has 0 radical (unpaired) electrons. The van der Waals surface area contributed by atoms with E-state index in [0.29, 0.717) is 0 Å². The standard InChI is InChI=1S/C15H8BrClF6N2S/c16-8-3-7(14(18,19)20)4-10(5-8)25-13(26)24-9-1-2-12(17)11(6-9)15(21,22)23/h1-6H,(H2,24,25,26). The van der Waals surface area contributed by atoms with Crippen molar-refractivity contribution in [2.75, 3.05) is 10.6 Å². The molecule has 0 heterocycles. The summed E-state index contributed by atoms with van der Waals surface area (Å²) < 4.78 is 77.1. The molecule has 0 saturated heterocycles. The van der Waals surface area contributed by atoms with Crippen molar-refractivity contribution in [3.8, 4) is 0 Å². The maximum atomic E-state index is 12.8. The van der Waals surface area contributed by atoms with Gasteiger partial charge in [-0.2, -0.15) is 26.3 Å². The van der Waals surface area contributed by atoms with Crippen LogP contribution in [0.5, 0.6) is 0 Å². The first-order valence-electron chi connectivity index (χ1n) is 6.69. The Hall–Kier alpha value is -1.52. The van der Waals surface area contributed by atoms with Crippen molar-refractivity contribution in [3.05, 3.63) is 57.0 Å². The van der Waals surface area contributed by atoms with Crippen LogP contribution in [-0.4, -0.2) is 5.11 Å². The molecule has 0 spiro atoms. The SMILES string of the molecule is FC(F)(F)c1cc(Br)cc(NC(=S)Nc2ccc(Cl)c(C(F)(F)F)c2)c1. The Morgan fingerprint density at radius 2 is 1.50 bits per heavy atom. The fourth-order valence-corrected chi connectivity index (χ4v) is 2.89. The Morgan fingerprint density at radius 3 is 2.08 bits per heavy atom. The maximum Gasteiger partial charge on any atom is 0.417 e. The predicted octanol–water partition coefficient (Wildman–Crippen LogP) is 6.95. The van der Waals surface area contributed by atoms with Crippen LogP contribution < -0.4 is 10.6 Å². The molecule has 0 unspecified atom stereocenters. The van der Waals surface area contributed by atoms with Crippen molar-refractivity contribution in [2.45, 2.75) is 12.4 Å². The molecular weight excluding hydrogens is 470 g/mol. The van der Waals surface area contributed by atoms with E-state index in [-0.39, 0.29) is 21.0 Å². The van der Waals surface area contributed by atoms with Gasteiger partial charge in [0.05, 0.1) is 16.1 Å². The van der Waals surface area contributed by atoms with Gasteiger partial charge >= 0.3 is 12.4 Å². The van der Waals surface area contributed by atoms with Gasteiger partial charge in [-0.25, -0.2) is 0 Å². The average molecular weight is 478 g/mol. The van der Waals surface area contributed by atoms with Gasteiger partial charge in [0.2, 0.25) is 0 Å². The molecule has 26 heavy (non-hydrogen) atoms. The number of rotatable bonds is 2. The molecule has 0 atom stereocenters. The number of alkyl halides is 6. The molecule has 0 fully saturated rings. The normalized spacial score (nSPS) is 12.0. The Morgan fingerprint density at radius 1 is 0.885 bits per heavy atom. The molecule has 2 N–H and O–H groups in total. The van der Waals surface area contributed by atoms with Gasteiger partial charge in [0.15, 0.2) is 5.11 Å². The summed E-state index contributed by atoms with van der Waals surface area (Å²) >= 11 is 13.4. The lowest BCUT2D eigenvalue weighted by molar-refractivity contribution is -0.138. The fraction of sp³-hybridized carbons (Fsp3) is 0.133. The Labute approximate surface area is 162 Å². The molecule has 0 aliphatic rings. The minimum atomic E-state index is -4.66. The summed E-state index contributed by atoms with van der Waals surface area (Å²) in [6.45, 7) is 0. The monoisotopic (exact) mass is 476 g/mol. The molecule has 11 heteroatoms. The van der Waals surface area contributed by atoms with Crippen LogP contribution >= 0.6 is 39.7 Å². The molecular formula is C15H8BrClF6N2S. The van der Waals surface area contributed by atoms with Crippen LogP contribution in [0.4, 0.5) is 37.7 Å². The van der Waals surface area contributed by atoms with Gasteiger partial charge in [0, 0.05) is 15.8 Å². The fourth-order valence-electron chi connectivity index (χ4n) is 1.94. The van der Waals surface area contributed by atoms with Crippen molar-refractivity contribution in [1.29, 1.82) is 0 Å². The zero-order valence-electron chi connectivity index (χ0n) is 12.4. The third-order valence-corrected chi connectivity index (χ3v) is 4.00. The Kier molecular flexibility index (Phi) is 6.09. The van der Waals surface area contributed by atoms with Crippen LogP contribution in [0.3, 0.4) is 0 Å². The summed E-state index contributed by atoms with van der Waals surface area (Å²) in [4.78, 5) is 0. The van der Waals surface area contributed by atoms with E-state index in [1.807, 2.05) is 0 Å². The number of anilines is 2. The quantitative estimate of drug-likeness (QED) is 0.362. The highest BCUT2D eigenvalue weighted by Gasteiger charge is 2.33. The van der Waals surface area contributed by atoms with Crippen LogP contribution in [0, 0.1) is 0 Å². The second kappa shape index (κ2) is 7.61. The second-order valence-electron chi connectivity index (χ2n) is 5.00. The zero-order valence-corrected chi connectivity index (χ0v) is 15.6. The zero-order chi connectivity index (χ0) is 19.7. The van der Waals surface area contributed by atoms with E-state index < -0.39 is 28.5 Å². The van der Waals surface area contributed by atoms with Crippen LogP contribution in [0.15, 0.2) is 40.9 Å². The molecule has 2 nitrogen and oxygen atoms in total. The van der Waals surface area contributed by atoms with Crippen LogP contribution in [0.1, 0.15) is 11.1 Å². The molecule has 0 bridgehead atoms. The van der Waals surface area contributed by atoms with E-state index >= 15 is 0 Å². The highest BCUT2D eigenvalue weighted by Crippen LogP contribution is 2.36. The van der Waals surface area contributed by atoms with E-state index in [1.54, 1.807) is 0 Å². The molecule has 0 saturated carbocycles. The topological polar surface area (TPSA) is 24.1 Å². The van der Waals surface area contributed by atoms with Crippen LogP contribution in [0.2, 0.25) is 5.02 Å². The number of thiocarbonyl (C=S) groups is 1. The van der Waals surface area contributed by atoms with Crippen LogP contribution in [-0.2, 0) is 12.4 Å². The van der Waals surface area contributed by atoms with Crippen molar-refractivity contribution < 1.29 is 26.3 Å². The van der Waals surface area contributed by atoms with E-state index in [0.717, 1.165) is 24.3 Å². The summed E-state index contributed by atoms with van der Waals surface area (Å²) in [7, 11) is 0. The average Bonchev–Trinajstić information content (AvgIpc) is 2.46. The van der Waals surface area contributed by atoms with Gasteiger partial charge in [-0.1, -0.05) is 27.5 Å². The van der Waals surface area contributed by atoms with Gasteiger partial charge in [0.1, 0.15) is 0 Å². The predicted molar refractivity (Wildman–Crippen MR) is 95.4 cm³/mol. The molecule has 0 aromatic heterocycles. The van der Waals surface area contributed by atoms with E-state index in [4.69, 9.17) is 23.8 Å². The summed E-state index contributed by atoms with van der Waals surface area (Å²) in [5.74, 6) is 0. The molecule has 140 valence electrons. The molecule has 0 aliphatic heterocycles. The van der Waals surface area contributed by atoms with E-state index in [2.05, 4.69) is 26.6 Å². The van der Waals surface area contributed by atoms with Crippen molar-refractivity contribution in [3.63, 3.8) is 0 Å². The first-order valence-corrected chi connectivity index (χ1v) is 8.27. The van der Waals surface area contributed by atoms with Crippen LogP contribution in [0.25, 0.3) is 0 Å². The van der Waals surface area contributed by atoms with Gasteiger partial charge in [-0.15, -0.1) is 0 Å². The number of benzene rings is 2. The molecule has 0 amide bonds. The van der Waals surface area contributed by atoms with E-state index in [9.17, 15) is 26.3 Å². The second-order valence-corrected chi connectivity index (χ2v) is 6.73. The van der Waals surface area contributed by atoms with Gasteiger partial charge < -0.3 is 10.6 Å². The van der Waals surface area contributed by atoms with Crippen molar-refractivity contribution in [1.82, 2.24) is 0 Å². The number of hydrogen-bond donors (Lipinski definition) is 2. The van der Waals surface area contributed by atoms with Crippen molar-refractivity contribution in [2.24, 2.45) is 0 Å². The highest BCUT2D eigenvalue weighted by molar-refractivity contribution is 9.10. The third-order valence-electron chi connectivity index (χ3n) is 3.01. The Bertz CT molecular complexity index is 838. The molecule has 2 rings (SSSR count). The lowest BCUT2D eigenvalue weighted by atomic mass is 10.2. The number of hydrogen-bond acceptors (Lipinski definition) is 1. The third kappa shape index (κ3) is 5.49. The first-order chi connectivity index (χ1) is 11.9. The first kappa shape index (κ1) is 20.8. The largest absolute Gasteiger partial charge is 0.417 e. The summed E-state index contributed by atoms with van der Waals surface area (Å²) in [5, 5.41) is 4.29. The van der Waals surface area contributed by atoms with Gasteiger partial charge in [-0.3, -0.25) is 0 Å². The lowest BCUT2D eigenvalue weighted by Gasteiger charge is -2.15. The van der Waals surface area contributed by atoms with Gasteiger partial charge in [0.25, 0.3) is 0 Å². The number of nitrogens with one attached hydrogen (secondary N) is 2. The maximum absolute atomic E-state index is 12.8. The smallest absolute Gasteiger partial charge is 0.332 e. The number of halogens is 8. The summed E-state index contributed by atoms with van der Waals surface area (Å²) in [6, 6.07) is 6.09. The van der Waals surface area contributed by atoms with Gasteiger partial charge in [-0.05, 0) is 48.6 Å². The lowest BCUT2D eigenvalue weighted by Crippen LogP contribution is -2.20. The summed E-state index contributed by atoms with van der Waals surface area (Å²) in [5.41, 5.74) is -1.99. The minimum absolute atomic E-state index is 0.00853. The molecule has 2 aromatic carbocycles. The molecule has 2 aromatic rings. The minimum Gasteiger partial charge on any atom is -0.332 e. The molecule has 0 aliphatic carbocycles. The van der Waals surface area contributed by atoms with E-state index in [1.165, 1.54) is 12.1 Å². The Balaban J connectivity index is 2.19.